The molecule has 0 saturated carbocycles. The van der Waals surface area contributed by atoms with Gasteiger partial charge in [0.1, 0.15) is 13.0 Å². The Morgan fingerprint density at radius 3 is 2.36 bits per heavy atom. The summed E-state index contributed by atoms with van der Waals surface area (Å²) < 4.78 is 5.10. The van der Waals surface area contributed by atoms with Crippen molar-refractivity contribution in [2.75, 3.05) is 6.61 Å². The van der Waals surface area contributed by atoms with Crippen LogP contribution >= 0.6 is 0 Å². The molecule has 0 aliphatic rings. The molecule has 0 atom stereocenters. The van der Waals surface area contributed by atoms with E-state index in [0.717, 1.165) is 16.3 Å². The van der Waals surface area contributed by atoms with Crippen molar-refractivity contribution in [2.45, 2.75) is 6.42 Å². The second-order valence-corrected chi connectivity index (χ2v) is 5.66. The van der Waals surface area contributed by atoms with E-state index in [1.165, 1.54) is 0 Å². The van der Waals surface area contributed by atoms with Crippen molar-refractivity contribution in [3.05, 3.63) is 90.0 Å². The number of esters is 1. The summed E-state index contributed by atoms with van der Waals surface area (Å²) in [6, 6.07) is 23.0. The fourth-order valence-electron chi connectivity index (χ4n) is 2.54. The van der Waals surface area contributed by atoms with Crippen LogP contribution in [-0.2, 0) is 9.53 Å². The van der Waals surface area contributed by atoms with E-state index in [1.54, 1.807) is 18.2 Å². The first-order valence-corrected chi connectivity index (χ1v) is 8.11. The average Bonchev–Trinajstić information content (AvgIpc) is 2.65. The molecule has 0 aliphatic heterocycles. The number of ketones is 1. The summed E-state index contributed by atoms with van der Waals surface area (Å²) in [5, 5.41) is 2.04. The molecule has 0 amide bonds. The fourth-order valence-corrected chi connectivity index (χ4v) is 2.54. The highest BCUT2D eigenvalue weighted by Crippen LogP contribution is 2.16. The maximum Gasteiger partial charge on any atom is 0.314 e. The van der Waals surface area contributed by atoms with E-state index in [-0.39, 0.29) is 18.8 Å². The lowest BCUT2D eigenvalue weighted by atomic mass is 10.0. The third kappa shape index (κ3) is 4.64. The Labute approximate surface area is 146 Å². The Morgan fingerprint density at radius 1 is 0.840 bits per heavy atom. The largest absolute Gasteiger partial charge is 0.461 e. The summed E-state index contributed by atoms with van der Waals surface area (Å²) in [6.07, 6.45) is 3.38. The summed E-state index contributed by atoms with van der Waals surface area (Å²) in [5.41, 5.74) is 1.56. The van der Waals surface area contributed by atoms with Crippen LogP contribution in [0.15, 0.2) is 78.9 Å². The van der Waals surface area contributed by atoms with E-state index < -0.39 is 5.97 Å². The highest BCUT2D eigenvalue weighted by molar-refractivity contribution is 6.07. The van der Waals surface area contributed by atoms with E-state index in [4.69, 9.17) is 4.74 Å². The second-order valence-electron chi connectivity index (χ2n) is 5.66. The molecule has 0 heterocycles. The quantitative estimate of drug-likeness (QED) is 0.375. The number of rotatable bonds is 6. The molecule has 0 N–H and O–H groups in total. The normalized spacial score (nSPS) is 10.9. The van der Waals surface area contributed by atoms with Crippen LogP contribution in [-0.4, -0.2) is 18.4 Å². The second kappa shape index (κ2) is 8.06. The van der Waals surface area contributed by atoms with Gasteiger partial charge in [0.05, 0.1) is 0 Å². The predicted octanol–water partition coefficient (Wildman–Crippen LogP) is 4.67. The van der Waals surface area contributed by atoms with Crippen molar-refractivity contribution in [1.82, 2.24) is 0 Å². The third-order valence-corrected chi connectivity index (χ3v) is 3.83. The first-order valence-electron chi connectivity index (χ1n) is 8.11. The average molecular weight is 330 g/mol. The Balaban J connectivity index is 1.53. The molecule has 25 heavy (non-hydrogen) atoms. The molecule has 0 unspecified atom stereocenters. The molecule has 3 heteroatoms. The van der Waals surface area contributed by atoms with Gasteiger partial charge in [-0.15, -0.1) is 0 Å². The van der Waals surface area contributed by atoms with E-state index in [0.29, 0.717) is 5.56 Å². The first-order chi connectivity index (χ1) is 12.2. The topological polar surface area (TPSA) is 43.4 Å². The maximum absolute atomic E-state index is 12.2. The van der Waals surface area contributed by atoms with Crippen LogP contribution in [0.2, 0.25) is 0 Å². The van der Waals surface area contributed by atoms with Crippen molar-refractivity contribution < 1.29 is 14.3 Å². The van der Waals surface area contributed by atoms with Gasteiger partial charge in [0, 0.05) is 5.56 Å². The lowest BCUT2D eigenvalue weighted by Crippen LogP contribution is -2.11. The molecule has 3 aromatic rings. The van der Waals surface area contributed by atoms with Gasteiger partial charge in [-0.3, -0.25) is 9.59 Å². The molecule has 0 aliphatic carbocycles. The molecule has 0 fully saturated rings. The standard InChI is InChI=1S/C22H18O3/c23-21(20-13-12-18-10-4-5-11-19(18)15-20)16-22(24)25-14-6-9-17-7-2-1-3-8-17/h1-13,15H,14,16H2/b9-6+. The molecule has 0 bridgehead atoms. The van der Waals surface area contributed by atoms with Crippen LogP contribution in [0.5, 0.6) is 0 Å². The Bertz CT molecular complexity index is 911. The van der Waals surface area contributed by atoms with Crippen LogP contribution in [0.25, 0.3) is 16.8 Å². The minimum absolute atomic E-state index is 0.152. The van der Waals surface area contributed by atoms with E-state index >= 15 is 0 Å². The number of hydrogen-bond donors (Lipinski definition) is 0. The van der Waals surface area contributed by atoms with Crippen molar-refractivity contribution in [3.63, 3.8) is 0 Å². The van der Waals surface area contributed by atoms with Gasteiger partial charge >= 0.3 is 5.97 Å². The van der Waals surface area contributed by atoms with Gasteiger partial charge in [-0.25, -0.2) is 0 Å². The summed E-state index contributed by atoms with van der Waals surface area (Å²) in [5.74, 6) is -0.751. The van der Waals surface area contributed by atoms with Gasteiger partial charge in [-0.05, 0) is 28.5 Å². The number of carbonyl (C=O) groups excluding carboxylic acids is 2. The predicted molar refractivity (Wildman–Crippen MR) is 99.3 cm³/mol. The van der Waals surface area contributed by atoms with Crippen LogP contribution in [0, 0.1) is 0 Å². The van der Waals surface area contributed by atoms with Crippen molar-refractivity contribution >= 4 is 28.6 Å². The van der Waals surface area contributed by atoms with E-state index in [2.05, 4.69) is 0 Å². The van der Waals surface area contributed by atoms with Gasteiger partial charge in [-0.2, -0.15) is 0 Å². The molecule has 0 aromatic heterocycles. The Hall–Kier alpha value is -3.20. The van der Waals surface area contributed by atoms with Crippen molar-refractivity contribution in [2.24, 2.45) is 0 Å². The number of fused-ring (bicyclic) bond motifs is 1. The van der Waals surface area contributed by atoms with Gasteiger partial charge in [0.15, 0.2) is 5.78 Å². The SMILES string of the molecule is O=C(CC(=O)c1ccc2ccccc2c1)OC/C=C/c1ccccc1. The third-order valence-electron chi connectivity index (χ3n) is 3.83. The number of ether oxygens (including phenoxy) is 1. The molecule has 3 aromatic carbocycles. The number of hydrogen-bond acceptors (Lipinski definition) is 3. The molecule has 0 spiro atoms. The molecule has 0 saturated heterocycles. The van der Waals surface area contributed by atoms with Crippen LogP contribution < -0.4 is 0 Å². The van der Waals surface area contributed by atoms with Crippen LogP contribution in [0.3, 0.4) is 0 Å². The molecule has 0 radical (unpaired) electrons. The Morgan fingerprint density at radius 2 is 1.56 bits per heavy atom. The van der Waals surface area contributed by atoms with Gasteiger partial charge in [0.2, 0.25) is 0 Å². The maximum atomic E-state index is 12.2. The smallest absolute Gasteiger partial charge is 0.314 e. The van der Waals surface area contributed by atoms with Crippen LogP contribution in [0.4, 0.5) is 0 Å². The lowest BCUT2D eigenvalue weighted by Gasteiger charge is -2.04. The summed E-state index contributed by atoms with van der Waals surface area (Å²) in [7, 11) is 0. The van der Waals surface area contributed by atoms with Gasteiger partial charge in [-0.1, -0.05) is 72.8 Å². The molecule has 3 nitrogen and oxygen atoms in total. The van der Waals surface area contributed by atoms with Crippen molar-refractivity contribution in [1.29, 1.82) is 0 Å². The van der Waals surface area contributed by atoms with Crippen LogP contribution in [0.1, 0.15) is 22.3 Å². The first kappa shape index (κ1) is 16.7. The Kier molecular flexibility index (Phi) is 5.37. The minimum Gasteiger partial charge on any atom is -0.461 e. The molecule has 124 valence electrons. The minimum atomic E-state index is -0.518. The summed E-state index contributed by atoms with van der Waals surface area (Å²) in [6.45, 7) is 0.152. The highest BCUT2D eigenvalue weighted by atomic mass is 16.5. The van der Waals surface area contributed by atoms with Gasteiger partial charge < -0.3 is 4.74 Å². The fraction of sp³-hybridized carbons (Fsp3) is 0.0909. The zero-order valence-corrected chi connectivity index (χ0v) is 13.7. The number of carbonyl (C=O) groups is 2. The molecule has 3 rings (SSSR count). The van der Waals surface area contributed by atoms with E-state index in [1.807, 2.05) is 66.7 Å². The lowest BCUT2D eigenvalue weighted by molar-refractivity contribution is -0.141. The van der Waals surface area contributed by atoms with Crippen molar-refractivity contribution in [3.8, 4) is 0 Å². The zero-order chi connectivity index (χ0) is 17.5. The summed E-state index contributed by atoms with van der Waals surface area (Å²) >= 11 is 0. The molecular formula is C22H18O3. The van der Waals surface area contributed by atoms with E-state index in [9.17, 15) is 9.59 Å². The summed E-state index contributed by atoms with van der Waals surface area (Å²) in [4.78, 5) is 24.1. The zero-order valence-electron chi connectivity index (χ0n) is 13.7. The highest BCUT2D eigenvalue weighted by Gasteiger charge is 2.13. The molecular weight excluding hydrogens is 312 g/mol. The number of benzene rings is 3. The number of Topliss-reactive ketones (excluding diaryl/α,β-unsaturated/α-hetero) is 1. The monoisotopic (exact) mass is 330 g/mol. The van der Waals surface area contributed by atoms with Gasteiger partial charge in [0.25, 0.3) is 0 Å².